The van der Waals surface area contributed by atoms with E-state index in [0.717, 1.165) is 17.5 Å². The first-order valence-electron chi connectivity index (χ1n) is 6.67. The van der Waals surface area contributed by atoms with Gasteiger partial charge >= 0.3 is 0 Å². The van der Waals surface area contributed by atoms with E-state index in [4.69, 9.17) is 5.11 Å². The summed E-state index contributed by atoms with van der Waals surface area (Å²) < 4.78 is 0. The second-order valence-corrected chi connectivity index (χ2v) is 5.01. The highest BCUT2D eigenvalue weighted by Crippen LogP contribution is 2.37. The van der Waals surface area contributed by atoms with Crippen LogP contribution in [0.1, 0.15) is 30.9 Å². The molecule has 2 unspecified atom stereocenters. The minimum Gasteiger partial charge on any atom is -0.395 e. The zero-order valence-electron chi connectivity index (χ0n) is 11.1. The quantitative estimate of drug-likeness (QED) is 0.806. The predicted octanol–water partition coefficient (Wildman–Crippen LogP) is 1.69. The molecular weight excluding hydrogens is 238 g/mol. The number of hydrogen-bond donors (Lipinski definition) is 2. The van der Waals surface area contributed by atoms with Crippen molar-refractivity contribution >= 4 is 5.91 Å². The normalized spacial score (nSPS) is 20.3. The molecule has 1 amide bonds. The lowest BCUT2D eigenvalue weighted by Gasteiger charge is -2.04. The maximum atomic E-state index is 11.7. The van der Waals surface area contributed by atoms with E-state index >= 15 is 0 Å². The Labute approximate surface area is 114 Å². The molecule has 19 heavy (non-hydrogen) atoms. The number of carbonyl (C=O) groups excluding carboxylic acids is 1. The lowest BCUT2D eigenvalue weighted by Crippen LogP contribution is -2.24. The third kappa shape index (κ3) is 4.11. The van der Waals surface area contributed by atoms with E-state index in [-0.39, 0.29) is 18.4 Å². The molecule has 0 radical (unpaired) electrons. The lowest BCUT2D eigenvalue weighted by molar-refractivity contribution is -0.122. The van der Waals surface area contributed by atoms with Gasteiger partial charge in [0.15, 0.2) is 0 Å². The van der Waals surface area contributed by atoms with Gasteiger partial charge in [-0.15, -0.1) is 0 Å². The molecule has 1 saturated carbocycles. The molecule has 3 nitrogen and oxygen atoms in total. The summed E-state index contributed by atoms with van der Waals surface area (Å²) in [6, 6.07) is 7.82. The van der Waals surface area contributed by atoms with Crippen molar-refractivity contribution in [2.24, 2.45) is 11.8 Å². The molecule has 1 aromatic carbocycles. The van der Waals surface area contributed by atoms with Gasteiger partial charge in [0.05, 0.1) is 6.61 Å². The first kappa shape index (κ1) is 13.6. The highest BCUT2D eigenvalue weighted by Gasteiger charge is 2.38. The Kier molecular flexibility index (Phi) is 4.59. The minimum absolute atomic E-state index is 0.0940. The zero-order valence-corrected chi connectivity index (χ0v) is 11.1. The Morgan fingerprint density at radius 1 is 1.42 bits per heavy atom. The first-order chi connectivity index (χ1) is 9.20. The van der Waals surface area contributed by atoms with Crippen LogP contribution in [0.2, 0.25) is 0 Å². The van der Waals surface area contributed by atoms with Crippen LogP contribution in [0.15, 0.2) is 24.3 Å². The molecular formula is C16H19NO2. The van der Waals surface area contributed by atoms with Crippen molar-refractivity contribution in [3.05, 3.63) is 35.4 Å². The SMILES string of the molecule is CC1CC1C(=O)NCc1ccc(C#CCCO)cc1. The fourth-order valence-electron chi connectivity index (χ4n) is 1.93. The minimum atomic E-state index is 0.0940. The average molecular weight is 257 g/mol. The van der Waals surface area contributed by atoms with Gasteiger partial charge in [0.25, 0.3) is 0 Å². The van der Waals surface area contributed by atoms with Gasteiger partial charge in [-0.2, -0.15) is 0 Å². The lowest BCUT2D eigenvalue weighted by atomic mass is 10.1. The second-order valence-electron chi connectivity index (χ2n) is 5.01. The summed E-state index contributed by atoms with van der Waals surface area (Å²) in [5.74, 6) is 6.79. The van der Waals surface area contributed by atoms with E-state index in [1.807, 2.05) is 24.3 Å². The molecule has 0 spiro atoms. The molecule has 0 aliphatic heterocycles. The van der Waals surface area contributed by atoms with Gasteiger partial charge in [-0.1, -0.05) is 30.9 Å². The third-order valence-electron chi connectivity index (χ3n) is 3.34. The molecule has 1 fully saturated rings. The third-order valence-corrected chi connectivity index (χ3v) is 3.34. The number of hydrogen-bond acceptors (Lipinski definition) is 2. The zero-order chi connectivity index (χ0) is 13.7. The fourth-order valence-corrected chi connectivity index (χ4v) is 1.93. The van der Waals surface area contributed by atoms with E-state index in [0.29, 0.717) is 18.9 Å². The van der Waals surface area contributed by atoms with Gasteiger partial charge in [0.2, 0.25) is 5.91 Å². The molecule has 3 heteroatoms. The van der Waals surface area contributed by atoms with Crippen molar-refractivity contribution in [2.75, 3.05) is 6.61 Å². The summed E-state index contributed by atoms with van der Waals surface area (Å²) in [4.78, 5) is 11.7. The molecule has 1 aliphatic carbocycles. The molecule has 2 atom stereocenters. The van der Waals surface area contributed by atoms with Crippen LogP contribution in [0.3, 0.4) is 0 Å². The van der Waals surface area contributed by atoms with Gasteiger partial charge < -0.3 is 10.4 Å². The van der Waals surface area contributed by atoms with Crippen LogP contribution in [0, 0.1) is 23.7 Å². The second kappa shape index (κ2) is 6.40. The Morgan fingerprint density at radius 2 is 2.11 bits per heavy atom. The van der Waals surface area contributed by atoms with Gasteiger partial charge in [0, 0.05) is 24.4 Å². The Bertz CT molecular complexity index is 496. The van der Waals surface area contributed by atoms with Crippen LogP contribution in [-0.4, -0.2) is 17.6 Å². The summed E-state index contributed by atoms with van der Waals surface area (Å²) in [6.07, 6.45) is 1.52. The van der Waals surface area contributed by atoms with Crippen LogP contribution in [0.5, 0.6) is 0 Å². The summed E-state index contributed by atoms with van der Waals surface area (Å²) in [6.45, 7) is 2.77. The first-order valence-corrected chi connectivity index (χ1v) is 6.67. The number of rotatable bonds is 4. The molecule has 0 bridgehead atoms. The number of aliphatic hydroxyl groups is 1. The summed E-state index contributed by atoms with van der Waals surface area (Å²) in [5, 5.41) is 11.6. The average Bonchev–Trinajstić information content (AvgIpc) is 3.15. The van der Waals surface area contributed by atoms with Crippen LogP contribution in [0.4, 0.5) is 0 Å². The summed E-state index contributed by atoms with van der Waals surface area (Å²) in [5.41, 5.74) is 2.01. The maximum absolute atomic E-state index is 11.7. The highest BCUT2D eigenvalue weighted by molar-refractivity contribution is 5.81. The van der Waals surface area contributed by atoms with E-state index in [1.165, 1.54) is 0 Å². The van der Waals surface area contributed by atoms with Crippen LogP contribution >= 0.6 is 0 Å². The molecule has 100 valence electrons. The van der Waals surface area contributed by atoms with Crippen molar-refractivity contribution < 1.29 is 9.90 Å². The smallest absolute Gasteiger partial charge is 0.223 e. The van der Waals surface area contributed by atoms with Gasteiger partial charge in [-0.25, -0.2) is 0 Å². The van der Waals surface area contributed by atoms with Gasteiger partial charge in [-0.3, -0.25) is 4.79 Å². The molecule has 0 saturated heterocycles. The maximum Gasteiger partial charge on any atom is 0.223 e. The number of nitrogens with one attached hydrogen (secondary N) is 1. The van der Waals surface area contributed by atoms with E-state index in [9.17, 15) is 4.79 Å². The van der Waals surface area contributed by atoms with Gasteiger partial charge in [0.1, 0.15) is 0 Å². The molecule has 0 heterocycles. The van der Waals surface area contributed by atoms with E-state index in [2.05, 4.69) is 24.1 Å². The Hall–Kier alpha value is -1.79. The highest BCUT2D eigenvalue weighted by atomic mass is 16.2. The topological polar surface area (TPSA) is 49.3 Å². The molecule has 1 aliphatic rings. The predicted molar refractivity (Wildman–Crippen MR) is 74.1 cm³/mol. The van der Waals surface area contributed by atoms with Gasteiger partial charge in [-0.05, 0) is 30.0 Å². The number of aliphatic hydroxyl groups excluding tert-OH is 1. The molecule has 2 N–H and O–H groups in total. The number of amides is 1. The van der Waals surface area contributed by atoms with Crippen LogP contribution < -0.4 is 5.32 Å². The number of carbonyl (C=O) groups is 1. The van der Waals surface area contributed by atoms with Crippen molar-refractivity contribution in [1.82, 2.24) is 5.32 Å². The standard InChI is InChI=1S/C16H19NO2/c1-12-10-15(12)16(19)17-11-14-7-5-13(6-8-14)4-2-3-9-18/h5-8,12,15,18H,3,9-11H2,1H3,(H,17,19). The van der Waals surface area contributed by atoms with E-state index < -0.39 is 0 Å². The molecule has 1 aromatic rings. The fraction of sp³-hybridized carbons (Fsp3) is 0.438. The van der Waals surface area contributed by atoms with E-state index in [1.54, 1.807) is 0 Å². The Balaban J connectivity index is 1.82. The summed E-state index contributed by atoms with van der Waals surface area (Å²) >= 11 is 0. The van der Waals surface area contributed by atoms with Crippen molar-refractivity contribution in [3.8, 4) is 11.8 Å². The van der Waals surface area contributed by atoms with Crippen molar-refractivity contribution in [1.29, 1.82) is 0 Å². The van der Waals surface area contributed by atoms with Crippen molar-refractivity contribution in [2.45, 2.75) is 26.3 Å². The largest absolute Gasteiger partial charge is 0.395 e. The monoisotopic (exact) mass is 257 g/mol. The Morgan fingerprint density at radius 3 is 2.68 bits per heavy atom. The molecule has 2 rings (SSSR count). The van der Waals surface area contributed by atoms with Crippen LogP contribution in [-0.2, 0) is 11.3 Å². The van der Waals surface area contributed by atoms with Crippen LogP contribution in [0.25, 0.3) is 0 Å². The molecule has 0 aromatic heterocycles. The summed E-state index contributed by atoms with van der Waals surface area (Å²) in [7, 11) is 0. The van der Waals surface area contributed by atoms with Crippen molar-refractivity contribution in [3.63, 3.8) is 0 Å². The number of benzene rings is 1.